The van der Waals surface area contributed by atoms with Crippen LogP contribution in [0.4, 0.5) is 4.39 Å². The third-order valence-electron chi connectivity index (χ3n) is 4.69. The predicted octanol–water partition coefficient (Wildman–Crippen LogP) is 2.26. The number of aromatic nitrogens is 2. The predicted molar refractivity (Wildman–Crippen MR) is 110 cm³/mol. The lowest BCUT2D eigenvalue weighted by molar-refractivity contribution is -0.132. The number of nitrogens with one attached hydrogen (secondary N) is 1. The van der Waals surface area contributed by atoms with Gasteiger partial charge in [-0.25, -0.2) is 14.4 Å². The Balaban J connectivity index is 1.49. The van der Waals surface area contributed by atoms with Crippen LogP contribution in [0.25, 0.3) is 10.2 Å². The number of benzene rings is 1. The van der Waals surface area contributed by atoms with Crippen LogP contribution >= 0.6 is 11.3 Å². The molecule has 1 aromatic carbocycles. The number of rotatable bonds is 5. The highest BCUT2D eigenvalue weighted by molar-refractivity contribution is 7.17. The molecule has 154 valence electrons. The SMILES string of the molecule is CN(Cc1nc2ccsc2c(=O)[nH]1)C(=O)C1=NN(Cc2ccc(F)cc2)C(=O)CC1. The summed E-state index contributed by atoms with van der Waals surface area (Å²) < 4.78 is 13.6. The molecule has 0 spiro atoms. The van der Waals surface area contributed by atoms with Gasteiger partial charge in [0.1, 0.15) is 22.1 Å². The topological polar surface area (TPSA) is 98.7 Å². The van der Waals surface area contributed by atoms with Crippen LogP contribution in [0.5, 0.6) is 0 Å². The van der Waals surface area contributed by atoms with Crippen molar-refractivity contribution in [3.8, 4) is 0 Å². The van der Waals surface area contributed by atoms with Crippen molar-refractivity contribution >= 4 is 39.1 Å². The lowest BCUT2D eigenvalue weighted by Crippen LogP contribution is -2.39. The molecule has 0 saturated carbocycles. The molecule has 3 aromatic rings. The fourth-order valence-corrected chi connectivity index (χ4v) is 3.88. The third-order valence-corrected chi connectivity index (χ3v) is 5.60. The molecule has 1 aliphatic rings. The summed E-state index contributed by atoms with van der Waals surface area (Å²) >= 11 is 1.31. The number of nitrogens with zero attached hydrogens (tertiary/aromatic N) is 4. The number of amides is 2. The molecule has 0 bridgehead atoms. The summed E-state index contributed by atoms with van der Waals surface area (Å²) in [6.07, 6.45) is 0.394. The van der Waals surface area contributed by atoms with Crippen molar-refractivity contribution in [1.29, 1.82) is 0 Å². The minimum Gasteiger partial charge on any atom is -0.333 e. The van der Waals surface area contributed by atoms with E-state index in [1.165, 1.54) is 33.4 Å². The maximum atomic E-state index is 13.1. The second-order valence-electron chi connectivity index (χ2n) is 6.93. The molecule has 1 N–H and O–H groups in total. The van der Waals surface area contributed by atoms with Crippen molar-refractivity contribution in [1.82, 2.24) is 19.9 Å². The van der Waals surface area contributed by atoms with E-state index in [-0.39, 0.29) is 54.8 Å². The van der Waals surface area contributed by atoms with Gasteiger partial charge >= 0.3 is 0 Å². The zero-order valence-electron chi connectivity index (χ0n) is 16.1. The van der Waals surface area contributed by atoms with E-state index >= 15 is 0 Å². The summed E-state index contributed by atoms with van der Waals surface area (Å²) in [5.74, 6) is -0.540. The van der Waals surface area contributed by atoms with E-state index in [0.717, 1.165) is 0 Å². The average molecular weight is 427 g/mol. The number of H-pyrrole nitrogens is 1. The molecule has 3 heterocycles. The highest BCUT2D eigenvalue weighted by atomic mass is 32.1. The second kappa shape index (κ2) is 8.15. The van der Waals surface area contributed by atoms with E-state index in [1.807, 2.05) is 0 Å². The zero-order valence-corrected chi connectivity index (χ0v) is 16.9. The first-order valence-electron chi connectivity index (χ1n) is 9.25. The number of hydrogen-bond acceptors (Lipinski definition) is 6. The highest BCUT2D eigenvalue weighted by Gasteiger charge is 2.26. The lowest BCUT2D eigenvalue weighted by Gasteiger charge is -2.25. The molecule has 2 amide bonds. The Morgan fingerprint density at radius 3 is 2.77 bits per heavy atom. The Hall–Kier alpha value is -3.40. The third kappa shape index (κ3) is 4.13. The first kappa shape index (κ1) is 19.9. The minimum atomic E-state index is -0.364. The van der Waals surface area contributed by atoms with Gasteiger partial charge in [-0.1, -0.05) is 12.1 Å². The Morgan fingerprint density at radius 1 is 1.23 bits per heavy atom. The van der Waals surface area contributed by atoms with Gasteiger partial charge in [0.15, 0.2) is 0 Å². The fourth-order valence-electron chi connectivity index (χ4n) is 3.16. The van der Waals surface area contributed by atoms with Crippen LogP contribution in [0, 0.1) is 5.82 Å². The molecule has 4 rings (SSSR count). The Labute approximate surface area is 174 Å². The van der Waals surface area contributed by atoms with Crippen LogP contribution in [-0.2, 0) is 22.7 Å². The summed E-state index contributed by atoms with van der Waals surface area (Å²) in [7, 11) is 1.59. The lowest BCUT2D eigenvalue weighted by atomic mass is 10.1. The van der Waals surface area contributed by atoms with Gasteiger partial charge in [-0.2, -0.15) is 5.10 Å². The van der Waals surface area contributed by atoms with Crippen LogP contribution in [0.1, 0.15) is 24.2 Å². The Morgan fingerprint density at radius 2 is 2.00 bits per heavy atom. The minimum absolute atomic E-state index is 0.102. The largest absolute Gasteiger partial charge is 0.333 e. The molecule has 10 heteroatoms. The molecule has 0 atom stereocenters. The van der Waals surface area contributed by atoms with Crippen LogP contribution in [-0.4, -0.2) is 44.5 Å². The van der Waals surface area contributed by atoms with E-state index in [9.17, 15) is 18.8 Å². The zero-order chi connectivity index (χ0) is 21.3. The normalized spacial score (nSPS) is 14.1. The second-order valence-corrected chi connectivity index (χ2v) is 7.85. The van der Waals surface area contributed by atoms with Crippen LogP contribution in [0.3, 0.4) is 0 Å². The molecular weight excluding hydrogens is 409 g/mol. The van der Waals surface area contributed by atoms with Gasteiger partial charge in [0.05, 0.1) is 18.6 Å². The van der Waals surface area contributed by atoms with Crippen molar-refractivity contribution in [2.45, 2.75) is 25.9 Å². The van der Waals surface area contributed by atoms with Crippen molar-refractivity contribution < 1.29 is 14.0 Å². The number of halogens is 1. The van der Waals surface area contributed by atoms with Gasteiger partial charge in [-0.05, 0) is 29.1 Å². The van der Waals surface area contributed by atoms with Gasteiger partial charge in [0, 0.05) is 19.9 Å². The Bertz CT molecular complexity index is 1200. The molecule has 8 nitrogen and oxygen atoms in total. The number of aromatic amines is 1. The molecule has 0 aliphatic carbocycles. The number of carbonyl (C=O) groups excluding carboxylic acids is 2. The van der Waals surface area contributed by atoms with Gasteiger partial charge in [0.25, 0.3) is 11.5 Å². The maximum Gasteiger partial charge on any atom is 0.270 e. The van der Waals surface area contributed by atoms with Crippen molar-refractivity contribution in [2.75, 3.05) is 7.05 Å². The summed E-state index contributed by atoms with van der Waals surface area (Å²) in [6, 6.07) is 7.52. The van der Waals surface area contributed by atoms with E-state index < -0.39 is 0 Å². The number of carbonyl (C=O) groups is 2. The summed E-state index contributed by atoms with van der Waals surface area (Å²) in [5.41, 5.74) is 1.31. The molecule has 0 radical (unpaired) electrons. The van der Waals surface area contributed by atoms with E-state index in [1.54, 1.807) is 30.6 Å². The number of hydrazone groups is 1. The quantitative estimate of drug-likeness (QED) is 0.675. The van der Waals surface area contributed by atoms with Gasteiger partial charge in [-0.3, -0.25) is 14.4 Å². The molecule has 0 unspecified atom stereocenters. The van der Waals surface area contributed by atoms with Crippen molar-refractivity contribution in [3.63, 3.8) is 0 Å². The van der Waals surface area contributed by atoms with Gasteiger partial charge in [0.2, 0.25) is 5.91 Å². The number of hydrogen-bond donors (Lipinski definition) is 1. The molecular formula is C20H18FN5O3S. The number of fused-ring (bicyclic) bond motifs is 1. The van der Waals surface area contributed by atoms with E-state index in [0.29, 0.717) is 21.6 Å². The molecule has 0 saturated heterocycles. The summed E-state index contributed by atoms with van der Waals surface area (Å²) in [5, 5.41) is 7.25. The van der Waals surface area contributed by atoms with Crippen molar-refractivity contribution in [3.05, 3.63) is 63.3 Å². The van der Waals surface area contributed by atoms with Crippen molar-refractivity contribution in [2.24, 2.45) is 5.10 Å². The highest BCUT2D eigenvalue weighted by Crippen LogP contribution is 2.17. The fraction of sp³-hybridized carbons (Fsp3) is 0.250. The first-order chi connectivity index (χ1) is 14.4. The van der Waals surface area contributed by atoms with Gasteiger partial charge in [-0.15, -0.1) is 11.3 Å². The molecule has 1 aliphatic heterocycles. The van der Waals surface area contributed by atoms with E-state index in [4.69, 9.17) is 0 Å². The smallest absolute Gasteiger partial charge is 0.270 e. The standard InChI is InChI=1S/C20H18FN5O3S/c1-25(11-16-22-14-8-9-30-18(14)19(28)23-16)20(29)15-6-7-17(27)26(24-15)10-12-2-4-13(21)5-3-12/h2-5,8-9H,6-7,10-11H2,1H3,(H,22,23,28). The van der Waals surface area contributed by atoms with Crippen LogP contribution < -0.4 is 5.56 Å². The monoisotopic (exact) mass is 427 g/mol. The van der Waals surface area contributed by atoms with E-state index in [2.05, 4.69) is 15.1 Å². The summed E-state index contributed by atoms with van der Waals surface area (Å²) in [4.78, 5) is 45.6. The van der Waals surface area contributed by atoms with Crippen LogP contribution in [0.15, 0.2) is 45.6 Å². The van der Waals surface area contributed by atoms with Crippen LogP contribution in [0.2, 0.25) is 0 Å². The first-order valence-corrected chi connectivity index (χ1v) is 10.1. The Kier molecular flexibility index (Phi) is 5.40. The molecule has 30 heavy (non-hydrogen) atoms. The maximum absolute atomic E-state index is 13.1. The average Bonchev–Trinajstić information content (AvgIpc) is 3.20. The molecule has 2 aromatic heterocycles. The summed E-state index contributed by atoms with van der Waals surface area (Å²) in [6.45, 7) is 0.258. The number of thiophene rings is 1. The molecule has 0 fully saturated rings. The van der Waals surface area contributed by atoms with Gasteiger partial charge < -0.3 is 9.88 Å².